The molecular formula is C30H29NO6. The highest BCUT2D eigenvalue weighted by atomic mass is 16.5. The van der Waals surface area contributed by atoms with Gasteiger partial charge >= 0.3 is 11.9 Å². The van der Waals surface area contributed by atoms with Crippen molar-refractivity contribution in [2.75, 3.05) is 13.2 Å². The zero-order valence-corrected chi connectivity index (χ0v) is 20.4. The number of unbranched alkanes of at least 4 members (excludes halogenated alkanes) is 1. The fourth-order valence-corrected chi connectivity index (χ4v) is 4.14. The van der Waals surface area contributed by atoms with E-state index in [-0.39, 0.29) is 13.0 Å². The standard InChI is InChI=1S/C30H29NO6/c32-28(33)19-24-20-31(21-29(34)35)27-10-6-7-23(30(24)27)14-11-22-12-15-26(16-13-22)37-18-5-4-17-36-25-8-2-1-3-9-25/h1-3,6-16,20H,4-5,17-19,21H2,(H,32,33)(H,34,35). The topological polar surface area (TPSA) is 98.0 Å². The van der Waals surface area contributed by atoms with Crippen LogP contribution >= 0.6 is 0 Å². The lowest BCUT2D eigenvalue weighted by Gasteiger charge is -2.08. The molecule has 0 spiro atoms. The molecular weight excluding hydrogens is 470 g/mol. The zero-order chi connectivity index (χ0) is 26.0. The van der Waals surface area contributed by atoms with Crippen LogP contribution in [0.3, 0.4) is 0 Å². The third-order valence-electron chi connectivity index (χ3n) is 5.82. The number of para-hydroxylation sites is 1. The second-order valence-corrected chi connectivity index (χ2v) is 8.61. The quantitative estimate of drug-likeness (QED) is 0.179. The van der Waals surface area contributed by atoms with Crippen LogP contribution in [0.4, 0.5) is 0 Å². The lowest BCUT2D eigenvalue weighted by molar-refractivity contribution is -0.138. The molecule has 7 heteroatoms. The second kappa shape index (κ2) is 12.4. The Labute approximate surface area is 215 Å². The molecule has 0 amide bonds. The van der Waals surface area contributed by atoms with Crippen molar-refractivity contribution < 1.29 is 29.3 Å². The summed E-state index contributed by atoms with van der Waals surface area (Å²) < 4.78 is 13.1. The summed E-state index contributed by atoms with van der Waals surface area (Å²) in [5.41, 5.74) is 3.07. The number of ether oxygens (including phenoxy) is 2. The minimum absolute atomic E-state index is 0.182. The molecule has 7 nitrogen and oxygen atoms in total. The molecule has 37 heavy (non-hydrogen) atoms. The van der Waals surface area contributed by atoms with Gasteiger partial charge in [0, 0.05) is 17.1 Å². The van der Waals surface area contributed by atoms with Gasteiger partial charge in [0.05, 0.1) is 19.6 Å². The van der Waals surface area contributed by atoms with E-state index in [1.165, 1.54) is 0 Å². The van der Waals surface area contributed by atoms with E-state index in [4.69, 9.17) is 9.47 Å². The first-order chi connectivity index (χ1) is 18.0. The number of aromatic nitrogens is 1. The summed E-state index contributed by atoms with van der Waals surface area (Å²) in [5, 5.41) is 19.3. The highest BCUT2D eigenvalue weighted by molar-refractivity contribution is 5.96. The molecule has 0 unspecified atom stereocenters. The summed E-state index contributed by atoms with van der Waals surface area (Å²) in [4.78, 5) is 22.7. The fraction of sp³-hybridized carbons (Fsp3) is 0.200. The largest absolute Gasteiger partial charge is 0.494 e. The van der Waals surface area contributed by atoms with Gasteiger partial charge in [0.25, 0.3) is 0 Å². The van der Waals surface area contributed by atoms with Crippen molar-refractivity contribution in [3.63, 3.8) is 0 Å². The van der Waals surface area contributed by atoms with Gasteiger partial charge in [-0.15, -0.1) is 0 Å². The minimum Gasteiger partial charge on any atom is -0.494 e. The second-order valence-electron chi connectivity index (χ2n) is 8.61. The summed E-state index contributed by atoms with van der Waals surface area (Å²) >= 11 is 0. The Kier molecular flexibility index (Phi) is 8.60. The Hall–Kier alpha value is -4.52. The van der Waals surface area contributed by atoms with Gasteiger partial charge in [-0.05, 0) is 59.9 Å². The van der Waals surface area contributed by atoms with Gasteiger partial charge < -0.3 is 24.3 Å². The van der Waals surface area contributed by atoms with Crippen LogP contribution in [-0.4, -0.2) is 39.9 Å². The number of carboxylic acid groups (broad SMARTS) is 2. The van der Waals surface area contributed by atoms with E-state index >= 15 is 0 Å². The van der Waals surface area contributed by atoms with Gasteiger partial charge in [-0.1, -0.05) is 54.6 Å². The zero-order valence-electron chi connectivity index (χ0n) is 20.4. The van der Waals surface area contributed by atoms with Crippen LogP contribution in [-0.2, 0) is 22.6 Å². The molecule has 0 aliphatic heterocycles. The van der Waals surface area contributed by atoms with E-state index in [2.05, 4.69) is 0 Å². The van der Waals surface area contributed by atoms with Crippen molar-refractivity contribution in [2.24, 2.45) is 0 Å². The van der Waals surface area contributed by atoms with Gasteiger partial charge in [0.1, 0.15) is 18.0 Å². The first kappa shape index (κ1) is 25.6. The van der Waals surface area contributed by atoms with Crippen molar-refractivity contribution in [3.8, 4) is 11.5 Å². The van der Waals surface area contributed by atoms with Crippen molar-refractivity contribution in [3.05, 3.63) is 95.7 Å². The molecule has 0 aliphatic carbocycles. The van der Waals surface area contributed by atoms with E-state index in [0.717, 1.165) is 40.9 Å². The molecule has 2 N–H and O–H groups in total. The highest BCUT2D eigenvalue weighted by Gasteiger charge is 2.15. The molecule has 190 valence electrons. The predicted octanol–water partition coefficient (Wildman–Crippen LogP) is 5.76. The van der Waals surface area contributed by atoms with E-state index in [9.17, 15) is 19.8 Å². The number of aliphatic carboxylic acids is 2. The van der Waals surface area contributed by atoms with Crippen molar-refractivity contribution in [1.29, 1.82) is 0 Å². The molecule has 3 aromatic carbocycles. The first-order valence-corrected chi connectivity index (χ1v) is 12.1. The fourth-order valence-electron chi connectivity index (χ4n) is 4.14. The van der Waals surface area contributed by atoms with Crippen LogP contribution in [0, 0.1) is 0 Å². The smallest absolute Gasteiger partial charge is 0.323 e. The lowest BCUT2D eigenvalue weighted by atomic mass is 10.0. The number of carbonyl (C=O) groups is 2. The molecule has 0 bridgehead atoms. The number of hydrogen-bond acceptors (Lipinski definition) is 4. The van der Waals surface area contributed by atoms with Crippen LogP contribution in [0.5, 0.6) is 11.5 Å². The third-order valence-corrected chi connectivity index (χ3v) is 5.82. The number of fused-ring (bicyclic) bond motifs is 1. The van der Waals surface area contributed by atoms with Crippen LogP contribution in [0.2, 0.25) is 0 Å². The summed E-state index contributed by atoms with van der Waals surface area (Å²) in [5.74, 6) is -0.285. The van der Waals surface area contributed by atoms with Crippen molar-refractivity contribution in [2.45, 2.75) is 25.8 Å². The maximum atomic E-state index is 11.4. The Morgan fingerprint density at radius 1 is 0.757 bits per heavy atom. The maximum absolute atomic E-state index is 11.4. The van der Waals surface area contributed by atoms with E-state index in [1.54, 1.807) is 16.8 Å². The van der Waals surface area contributed by atoms with E-state index < -0.39 is 11.9 Å². The number of rotatable bonds is 13. The van der Waals surface area contributed by atoms with Gasteiger partial charge in [-0.25, -0.2) is 0 Å². The average Bonchev–Trinajstić information content (AvgIpc) is 3.22. The van der Waals surface area contributed by atoms with Crippen LogP contribution < -0.4 is 9.47 Å². The summed E-state index contributed by atoms with van der Waals surface area (Å²) in [6, 6.07) is 23.0. The number of hydrogen-bond donors (Lipinski definition) is 2. The normalized spacial score (nSPS) is 11.1. The molecule has 0 atom stereocenters. The van der Waals surface area contributed by atoms with Gasteiger partial charge in [-0.3, -0.25) is 9.59 Å². The molecule has 0 radical (unpaired) electrons. The molecule has 1 heterocycles. The lowest BCUT2D eigenvalue weighted by Crippen LogP contribution is -2.07. The van der Waals surface area contributed by atoms with E-state index in [1.807, 2.05) is 78.9 Å². The Balaban J connectivity index is 1.36. The molecule has 0 saturated carbocycles. The average molecular weight is 500 g/mol. The summed E-state index contributed by atoms with van der Waals surface area (Å²) in [6.45, 7) is 1.03. The van der Waals surface area contributed by atoms with Gasteiger partial charge in [0.2, 0.25) is 0 Å². The Morgan fingerprint density at radius 3 is 2.08 bits per heavy atom. The minimum atomic E-state index is -0.984. The Bertz CT molecular complexity index is 1370. The van der Waals surface area contributed by atoms with Gasteiger partial charge in [0.15, 0.2) is 0 Å². The maximum Gasteiger partial charge on any atom is 0.323 e. The number of carboxylic acids is 2. The molecule has 0 fully saturated rings. The SMILES string of the molecule is O=C(O)Cc1cn(CC(=O)O)c2cccc(C=Cc3ccc(OCCCCOc4ccccc4)cc3)c12. The molecule has 0 saturated heterocycles. The van der Waals surface area contributed by atoms with Crippen LogP contribution in [0.25, 0.3) is 23.1 Å². The van der Waals surface area contributed by atoms with Gasteiger partial charge in [-0.2, -0.15) is 0 Å². The number of nitrogens with zero attached hydrogens (tertiary/aromatic N) is 1. The Morgan fingerprint density at radius 2 is 1.43 bits per heavy atom. The monoisotopic (exact) mass is 499 g/mol. The van der Waals surface area contributed by atoms with Crippen molar-refractivity contribution in [1.82, 2.24) is 4.57 Å². The highest BCUT2D eigenvalue weighted by Crippen LogP contribution is 2.28. The third kappa shape index (κ3) is 7.24. The molecule has 0 aliphatic rings. The summed E-state index contributed by atoms with van der Waals surface area (Å²) in [7, 11) is 0. The van der Waals surface area contributed by atoms with E-state index in [0.29, 0.717) is 24.3 Å². The molecule has 4 rings (SSSR count). The number of benzene rings is 3. The molecule has 4 aromatic rings. The molecule has 1 aromatic heterocycles. The first-order valence-electron chi connectivity index (χ1n) is 12.1. The van der Waals surface area contributed by atoms with Crippen molar-refractivity contribution >= 4 is 35.0 Å². The van der Waals surface area contributed by atoms with Crippen LogP contribution in [0.15, 0.2) is 79.0 Å². The van der Waals surface area contributed by atoms with Crippen LogP contribution in [0.1, 0.15) is 29.5 Å². The summed E-state index contributed by atoms with van der Waals surface area (Å²) in [6.07, 6.45) is 7.08. The predicted molar refractivity (Wildman–Crippen MR) is 143 cm³/mol.